The molecule has 0 aliphatic carbocycles. The molecule has 0 radical (unpaired) electrons. The van der Waals surface area contributed by atoms with E-state index in [-0.39, 0.29) is 30.3 Å². The lowest BCUT2D eigenvalue weighted by molar-refractivity contribution is -0.137. The lowest BCUT2D eigenvalue weighted by Gasteiger charge is -2.38. The van der Waals surface area contributed by atoms with E-state index in [0.717, 1.165) is 39.0 Å². The summed E-state index contributed by atoms with van der Waals surface area (Å²) < 4.78 is 0. The number of amides is 3. The molecule has 128 valence electrons. The number of piperidine rings is 1. The van der Waals surface area contributed by atoms with Crippen LogP contribution in [0.1, 0.15) is 26.7 Å². The van der Waals surface area contributed by atoms with Gasteiger partial charge in [-0.15, -0.1) is 12.4 Å². The molecule has 0 aromatic carbocycles. The van der Waals surface area contributed by atoms with E-state index in [9.17, 15) is 9.59 Å². The fourth-order valence-corrected chi connectivity index (χ4v) is 3.14. The van der Waals surface area contributed by atoms with Gasteiger partial charge in [-0.25, -0.2) is 4.79 Å². The van der Waals surface area contributed by atoms with Gasteiger partial charge in [0.25, 0.3) is 0 Å². The molecule has 7 heteroatoms. The predicted molar refractivity (Wildman–Crippen MR) is 89.3 cm³/mol. The summed E-state index contributed by atoms with van der Waals surface area (Å²) in [6, 6.07) is 0.106. The number of nitrogens with zero attached hydrogens (tertiary/aromatic N) is 3. The maximum Gasteiger partial charge on any atom is 0.320 e. The van der Waals surface area contributed by atoms with Crippen molar-refractivity contribution in [3.8, 4) is 0 Å². The number of urea groups is 1. The number of halogens is 1. The average molecular weight is 333 g/mol. The van der Waals surface area contributed by atoms with Crippen molar-refractivity contribution in [2.75, 3.05) is 52.4 Å². The Bertz CT molecular complexity index is 363. The highest BCUT2D eigenvalue weighted by Crippen LogP contribution is 2.17. The molecule has 0 aromatic heterocycles. The summed E-state index contributed by atoms with van der Waals surface area (Å²) in [6.45, 7) is 10.0. The van der Waals surface area contributed by atoms with E-state index in [0.29, 0.717) is 26.2 Å². The third-order valence-corrected chi connectivity index (χ3v) is 4.58. The van der Waals surface area contributed by atoms with Crippen molar-refractivity contribution >= 4 is 24.3 Å². The fourth-order valence-electron chi connectivity index (χ4n) is 3.14. The Labute approximate surface area is 139 Å². The van der Waals surface area contributed by atoms with Crippen LogP contribution in [0.2, 0.25) is 0 Å². The van der Waals surface area contributed by atoms with Gasteiger partial charge in [-0.1, -0.05) is 0 Å². The molecule has 2 heterocycles. The van der Waals surface area contributed by atoms with Crippen molar-refractivity contribution < 1.29 is 9.59 Å². The molecule has 2 rings (SSSR count). The van der Waals surface area contributed by atoms with Crippen LogP contribution in [0.4, 0.5) is 4.79 Å². The third kappa shape index (κ3) is 4.49. The summed E-state index contributed by atoms with van der Waals surface area (Å²) in [5.74, 6) is 0.461. The molecule has 22 heavy (non-hydrogen) atoms. The van der Waals surface area contributed by atoms with E-state index in [1.165, 1.54) is 0 Å². The minimum atomic E-state index is 0. The van der Waals surface area contributed by atoms with Crippen molar-refractivity contribution in [2.45, 2.75) is 26.7 Å². The van der Waals surface area contributed by atoms with Crippen LogP contribution in [-0.4, -0.2) is 79.0 Å². The van der Waals surface area contributed by atoms with Crippen molar-refractivity contribution in [3.63, 3.8) is 0 Å². The number of hydrogen-bond acceptors (Lipinski definition) is 3. The zero-order valence-electron chi connectivity index (χ0n) is 13.7. The smallest absolute Gasteiger partial charge is 0.320 e. The summed E-state index contributed by atoms with van der Waals surface area (Å²) in [6.07, 6.45) is 1.88. The molecular weight excluding hydrogens is 304 g/mol. The van der Waals surface area contributed by atoms with Gasteiger partial charge in [-0.3, -0.25) is 4.79 Å². The number of nitrogens with one attached hydrogen (secondary N) is 1. The molecule has 0 aromatic rings. The highest BCUT2D eigenvalue weighted by Gasteiger charge is 2.30. The molecule has 0 saturated carbocycles. The van der Waals surface area contributed by atoms with E-state index < -0.39 is 0 Å². The van der Waals surface area contributed by atoms with Crippen LogP contribution in [0, 0.1) is 5.92 Å². The van der Waals surface area contributed by atoms with Crippen LogP contribution in [0.5, 0.6) is 0 Å². The van der Waals surface area contributed by atoms with Gasteiger partial charge < -0.3 is 20.0 Å². The molecule has 0 spiro atoms. The first kappa shape index (κ1) is 19.0. The number of carbonyl (C=O) groups excluding carboxylic acids is 2. The van der Waals surface area contributed by atoms with E-state index in [1.54, 1.807) is 0 Å². The quantitative estimate of drug-likeness (QED) is 0.839. The van der Waals surface area contributed by atoms with Gasteiger partial charge in [0.15, 0.2) is 0 Å². The number of hydrogen-bond donors (Lipinski definition) is 1. The predicted octanol–water partition coefficient (Wildman–Crippen LogP) is 1.01. The third-order valence-electron chi connectivity index (χ3n) is 4.58. The van der Waals surface area contributed by atoms with Crippen molar-refractivity contribution in [2.24, 2.45) is 5.92 Å². The van der Waals surface area contributed by atoms with Gasteiger partial charge in [0.1, 0.15) is 0 Å². The molecule has 1 N–H and O–H groups in total. The minimum absolute atomic E-state index is 0. The zero-order chi connectivity index (χ0) is 15.2. The first-order valence-electron chi connectivity index (χ1n) is 8.20. The van der Waals surface area contributed by atoms with Crippen LogP contribution in [-0.2, 0) is 4.79 Å². The molecule has 2 saturated heterocycles. The largest absolute Gasteiger partial charge is 0.339 e. The number of piperazine rings is 1. The molecule has 2 fully saturated rings. The summed E-state index contributed by atoms with van der Waals surface area (Å²) in [7, 11) is 0. The number of rotatable bonds is 3. The average Bonchev–Trinajstić information content (AvgIpc) is 2.56. The fraction of sp³-hybridized carbons (Fsp3) is 0.867. The van der Waals surface area contributed by atoms with Gasteiger partial charge in [-0.05, 0) is 39.8 Å². The highest BCUT2D eigenvalue weighted by atomic mass is 35.5. The van der Waals surface area contributed by atoms with Crippen molar-refractivity contribution in [1.29, 1.82) is 0 Å². The SMILES string of the molecule is CCN(CC)C(=O)N1CCN(C(=O)C2CCNCC2)CC1.Cl. The zero-order valence-corrected chi connectivity index (χ0v) is 14.5. The lowest BCUT2D eigenvalue weighted by atomic mass is 9.96. The monoisotopic (exact) mass is 332 g/mol. The van der Waals surface area contributed by atoms with E-state index in [4.69, 9.17) is 0 Å². The van der Waals surface area contributed by atoms with E-state index in [2.05, 4.69) is 5.32 Å². The van der Waals surface area contributed by atoms with Crippen molar-refractivity contribution in [1.82, 2.24) is 20.0 Å². The Morgan fingerprint density at radius 3 is 2.00 bits per heavy atom. The summed E-state index contributed by atoms with van der Waals surface area (Å²) in [5.41, 5.74) is 0. The highest BCUT2D eigenvalue weighted by molar-refractivity contribution is 5.85. The van der Waals surface area contributed by atoms with Crippen molar-refractivity contribution in [3.05, 3.63) is 0 Å². The minimum Gasteiger partial charge on any atom is -0.339 e. The van der Waals surface area contributed by atoms with Gasteiger partial charge >= 0.3 is 6.03 Å². The molecule has 0 unspecified atom stereocenters. The standard InChI is InChI=1S/C15H28N4O2.ClH/c1-3-17(4-2)15(21)19-11-9-18(10-12-19)14(20)13-5-7-16-8-6-13;/h13,16H,3-12H2,1-2H3;1H. The molecule has 0 bridgehead atoms. The second kappa shape index (κ2) is 9.20. The van der Waals surface area contributed by atoms with Gasteiger partial charge in [-0.2, -0.15) is 0 Å². The Hall–Kier alpha value is -1.01. The second-order valence-electron chi connectivity index (χ2n) is 5.79. The van der Waals surface area contributed by atoms with Crippen LogP contribution in [0.25, 0.3) is 0 Å². The van der Waals surface area contributed by atoms with Crippen LogP contribution in [0.3, 0.4) is 0 Å². The first-order chi connectivity index (χ1) is 10.2. The molecule has 2 aliphatic heterocycles. The molecule has 6 nitrogen and oxygen atoms in total. The topological polar surface area (TPSA) is 55.9 Å². The Balaban J connectivity index is 0.00000242. The number of carbonyl (C=O) groups is 2. The first-order valence-corrected chi connectivity index (χ1v) is 8.20. The van der Waals surface area contributed by atoms with E-state index >= 15 is 0 Å². The lowest BCUT2D eigenvalue weighted by Crippen LogP contribution is -2.55. The molecule has 0 atom stereocenters. The maximum atomic E-state index is 12.5. The Morgan fingerprint density at radius 1 is 1.00 bits per heavy atom. The second-order valence-corrected chi connectivity index (χ2v) is 5.79. The molecule has 2 aliphatic rings. The van der Waals surface area contributed by atoms with Gasteiger partial charge in [0.2, 0.25) is 5.91 Å². The Morgan fingerprint density at radius 2 is 1.50 bits per heavy atom. The van der Waals surface area contributed by atoms with Crippen LogP contribution in [0.15, 0.2) is 0 Å². The normalized spacial score (nSPS) is 19.5. The van der Waals surface area contributed by atoms with Crippen LogP contribution < -0.4 is 5.32 Å². The molecule has 3 amide bonds. The molecular formula is C15H29ClN4O2. The summed E-state index contributed by atoms with van der Waals surface area (Å²) >= 11 is 0. The van der Waals surface area contributed by atoms with Gasteiger partial charge in [0, 0.05) is 45.2 Å². The van der Waals surface area contributed by atoms with Crippen LogP contribution >= 0.6 is 12.4 Å². The van der Waals surface area contributed by atoms with E-state index in [1.807, 2.05) is 28.5 Å². The maximum absolute atomic E-state index is 12.5. The summed E-state index contributed by atoms with van der Waals surface area (Å²) in [4.78, 5) is 30.4. The summed E-state index contributed by atoms with van der Waals surface area (Å²) in [5, 5.41) is 3.29. The Kier molecular flexibility index (Phi) is 7.96. The van der Waals surface area contributed by atoms with Gasteiger partial charge in [0.05, 0.1) is 0 Å².